The molecule has 1 saturated heterocycles. The average Bonchev–Trinajstić information content (AvgIpc) is 3.16. The van der Waals surface area contributed by atoms with Crippen LogP contribution in [0, 0.1) is 36.4 Å². The van der Waals surface area contributed by atoms with Crippen molar-refractivity contribution < 1.29 is 14.0 Å². The second-order valence-corrected chi connectivity index (χ2v) is 10.6. The zero-order valence-electron chi connectivity index (χ0n) is 19.4. The van der Waals surface area contributed by atoms with Gasteiger partial charge in [0.05, 0.1) is 0 Å². The first-order chi connectivity index (χ1) is 15.4. The zero-order valence-corrected chi connectivity index (χ0v) is 19.4. The fourth-order valence-electron chi connectivity index (χ4n) is 6.61. The summed E-state index contributed by atoms with van der Waals surface area (Å²) in [4.78, 5) is 29.9. The molecule has 1 heterocycles. The van der Waals surface area contributed by atoms with Gasteiger partial charge in [-0.3, -0.25) is 14.5 Å². The number of halogens is 1. The van der Waals surface area contributed by atoms with E-state index in [2.05, 4.69) is 17.1 Å². The standard InChI is InChI=1S/C26H36FN3O2/c1-16-14-29(12-13-30(16)26(32)18-6-3-4-7-18)15-21-17(2)23(11-10-22(21)27)28-25(31)24-19-8-5-9-20(19)24/h10-11,16,18-20,24H,3-9,12-15H2,1-2H3,(H,28,31). The van der Waals surface area contributed by atoms with E-state index < -0.39 is 0 Å². The molecule has 3 saturated carbocycles. The van der Waals surface area contributed by atoms with Crippen molar-refractivity contribution in [2.75, 3.05) is 25.0 Å². The molecule has 2 amide bonds. The van der Waals surface area contributed by atoms with Crippen LogP contribution < -0.4 is 5.32 Å². The van der Waals surface area contributed by atoms with Gasteiger partial charge in [-0.1, -0.05) is 19.3 Å². The lowest BCUT2D eigenvalue weighted by molar-refractivity contribution is -0.140. The fraction of sp³-hybridized carbons (Fsp3) is 0.692. The van der Waals surface area contributed by atoms with Gasteiger partial charge >= 0.3 is 0 Å². The highest BCUT2D eigenvalue weighted by Gasteiger charge is 2.56. The van der Waals surface area contributed by atoms with Crippen LogP contribution in [0.2, 0.25) is 0 Å². The summed E-state index contributed by atoms with van der Waals surface area (Å²) in [5, 5.41) is 3.09. The maximum absolute atomic E-state index is 14.8. The number of nitrogens with zero attached hydrogens (tertiary/aromatic N) is 2. The first-order valence-corrected chi connectivity index (χ1v) is 12.6. The Hall–Kier alpha value is -1.95. The molecule has 6 heteroatoms. The maximum Gasteiger partial charge on any atom is 0.228 e. The molecular formula is C26H36FN3O2. The fourth-order valence-corrected chi connectivity index (χ4v) is 6.61. The van der Waals surface area contributed by atoms with Crippen LogP contribution in [0.3, 0.4) is 0 Å². The Balaban J connectivity index is 1.22. The SMILES string of the molecule is Cc1c(NC(=O)C2C3CCCC32)ccc(F)c1CN1CCN(C(=O)C2CCCC2)C(C)C1. The number of fused-ring (bicyclic) bond motifs is 1. The number of carbonyl (C=O) groups is 2. The molecule has 1 aromatic rings. The van der Waals surface area contributed by atoms with E-state index in [1.54, 1.807) is 6.07 Å². The molecule has 0 aromatic heterocycles. The number of amides is 2. The third-order valence-corrected chi connectivity index (χ3v) is 8.59. The lowest BCUT2D eigenvalue weighted by atomic mass is 10.0. The highest BCUT2D eigenvalue weighted by atomic mass is 19.1. The molecule has 0 spiro atoms. The molecule has 5 nitrogen and oxygen atoms in total. The molecule has 3 aliphatic carbocycles. The third kappa shape index (κ3) is 4.07. The third-order valence-electron chi connectivity index (χ3n) is 8.59. The Morgan fingerprint density at radius 2 is 1.78 bits per heavy atom. The Morgan fingerprint density at radius 3 is 2.47 bits per heavy atom. The number of benzene rings is 1. The minimum absolute atomic E-state index is 0.105. The van der Waals surface area contributed by atoms with Crippen LogP contribution in [0.4, 0.5) is 10.1 Å². The van der Waals surface area contributed by atoms with Gasteiger partial charge in [0.25, 0.3) is 0 Å². The summed E-state index contributed by atoms with van der Waals surface area (Å²) in [5.74, 6) is 1.69. The van der Waals surface area contributed by atoms with E-state index >= 15 is 0 Å². The van der Waals surface area contributed by atoms with Gasteiger partial charge in [0, 0.05) is 55.3 Å². The number of nitrogens with one attached hydrogen (secondary N) is 1. The predicted molar refractivity (Wildman–Crippen MR) is 122 cm³/mol. The predicted octanol–water partition coefficient (Wildman–Crippen LogP) is 4.34. The van der Waals surface area contributed by atoms with Crippen LogP contribution in [0.25, 0.3) is 0 Å². The normalized spacial score (nSPS) is 30.4. The van der Waals surface area contributed by atoms with E-state index in [0.29, 0.717) is 36.4 Å². The minimum Gasteiger partial charge on any atom is -0.337 e. The number of anilines is 1. The van der Waals surface area contributed by atoms with Gasteiger partial charge in [0.2, 0.25) is 11.8 Å². The highest BCUT2D eigenvalue weighted by Crippen LogP contribution is 2.57. The Morgan fingerprint density at radius 1 is 1.06 bits per heavy atom. The van der Waals surface area contributed by atoms with Crippen LogP contribution in [0.5, 0.6) is 0 Å². The van der Waals surface area contributed by atoms with Crippen molar-refractivity contribution in [3.05, 3.63) is 29.1 Å². The van der Waals surface area contributed by atoms with Crippen molar-refractivity contribution in [1.29, 1.82) is 0 Å². The lowest BCUT2D eigenvalue weighted by Gasteiger charge is -2.41. The van der Waals surface area contributed by atoms with Crippen molar-refractivity contribution in [3.8, 4) is 0 Å². The molecule has 1 aliphatic heterocycles. The second kappa shape index (κ2) is 8.77. The van der Waals surface area contributed by atoms with Crippen molar-refractivity contribution >= 4 is 17.5 Å². The number of rotatable bonds is 5. The molecule has 3 unspecified atom stereocenters. The largest absolute Gasteiger partial charge is 0.337 e. The van der Waals surface area contributed by atoms with Gasteiger partial charge in [0.1, 0.15) is 5.82 Å². The van der Waals surface area contributed by atoms with Crippen molar-refractivity contribution in [1.82, 2.24) is 9.80 Å². The zero-order chi connectivity index (χ0) is 22.4. The van der Waals surface area contributed by atoms with Crippen molar-refractivity contribution in [2.24, 2.45) is 23.7 Å². The van der Waals surface area contributed by atoms with Crippen LogP contribution in [0.1, 0.15) is 63.0 Å². The topological polar surface area (TPSA) is 52.7 Å². The monoisotopic (exact) mass is 441 g/mol. The smallest absolute Gasteiger partial charge is 0.228 e. The summed E-state index contributed by atoms with van der Waals surface area (Å²) in [6.07, 6.45) is 7.97. The quantitative estimate of drug-likeness (QED) is 0.740. The summed E-state index contributed by atoms with van der Waals surface area (Å²) in [5.41, 5.74) is 2.21. The molecule has 5 rings (SSSR count). The molecule has 4 aliphatic rings. The van der Waals surface area contributed by atoms with Gasteiger partial charge in [-0.25, -0.2) is 4.39 Å². The first-order valence-electron chi connectivity index (χ1n) is 12.6. The van der Waals surface area contributed by atoms with Gasteiger partial charge in [-0.05, 0) is 69.1 Å². The summed E-state index contributed by atoms with van der Waals surface area (Å²) < 4.78 is 14.8. The van der Waals surface area contributed by atoms with E-state index in [1.165, 1.54) is 25.3 Å². The average molecular weight is 442 g/mol. The lowest BCUT2D eigenvalue weighted by Crippen LogP contribution is -2.54. The molecule has 174 valence electrons. The number of hydrogen-bond donors (Lipinski definition) is 1. The van der Waals surface area contributed by atoms with Crippen molar-refractivity contribution in [2.45, 2.75) is 71.4 Å². The molecule has 4 fully saturated rings. The van der Waals surface area contributed by atoms with Crippen LogP contribution in [0.15, 0.2) is 12.1 Å². The van der Waals surface area contributed by atoms with E-state index in [0.717, 1.165) is 50.0 Å². The molecule has 0 radical (unpaired) electrons. The minimum atomic E-state index is -0.221. The maximum atomic E-state index is 14.8. The van der Waals surface area contributed by atoms with Gasteiger partial charge in [-0.15, -0.1) is 0 Å². The molecule has 32 heavy (non-hydrogen) atoms. The molecular weight excluding hydrogens is 405 g/mol. The molecule has 1 aromatic carbocycles. The number of piperazine rings is 1. The molecule has 3 atom stereocenters. The summed E-state index contributed by atoms with van der Waals surface area (Å²) >= 11 is 0. The Kier molecular flexibility index (Phi) is 5.99. The van der Waals surface area contributed by atoms with E-state index in [1.807, 2.05) is 11.8 Å². The first kappa shape index (κ1) is 21.9. The van der Waals surface area contributed by atoms with Gasteiger partial charge < -0.3 is 10.2 Å². The molecule has 0 bridgehead atoms. The van der Waals surface area contributed by atoms with Crippen LogP contribution >= 0.6 is 0 Å². The second-order valence-electron chi connectivity index (χ2n) is 10.6. The Labute approximate surface area is 190 Å². The van der Waals surface area contributed by atoms with E-state index in [-0.39, 0.29) is 29.6 Å². The Bertz CT molecular complexity index is 887. The summed E-state index contributed by atoms with van der Waals surface area (Å²) in [7, 11) is 0. The summed E-state index contributed by atoms with van der Waals surface area (Å²) in [6, 6.07) is 3.32. The van der Waals surface area contributed by atoms with Crippen LogP contribution in [-0.2, 0) is 16.1 Å². The molecule has 1 N–H and O–H groups in total. The summed E-state index contributed by atoms with van der Waals surface area (Å²) in [6.45, 7) is 6.73. The number of hydrogen-bond acceptors (Lipinski definition) is 3. The van der Waals surface area contributed by atoms with Crippen LogP contribution in [-0.4, -0.2) is 47.3 Å². The highest BCUT2D eigenvalue weighted by molar-refractivity contribution is 5.95. The van der Waals surface area contributed by atoms with Gasteiger partial charge in [-0.2, -0.15) is 0 Å². The van der Waals surface area contributed by atoms with Crippen molar-refractivity contribution in [3.63, 3.8) is 0 Å². The van der Waals surface area contributed by atoms with Gasteiger partial charge in [0.15, 0.2) is 0 Å². The van der Waals surface area contributed by atoms with E-state index in [4.69, 9.17) is 0 Å². The van der Waals surface area contributed by atoms with E-state index in [9.17, 15) is 14.0 Å². The number of carbonyl (C=O) groups excluding carboxylic acids is 2.